The zero-order chi connectivity index (χ0) is 7.98. The van der Waals surface area contributed by atoms with Gasteiger partial charge in [0, 0.05) is 0 Å². The van der Waals surface area contributed by atoms with Crippen LogP contribution in [-0.2, 0) is 9.53 Å². The number of nitrogens with one attached hydrogen (secondary N) is 1. The van der Waals surface area contributed by atoms with Gasteiger partial charge in [-0.1, -0.05) is 0 Å². The van der Waals surface area contributed by atoms with Crippen molar-refractivity contribution in [3.05, 3.63) is 12.4 Å². The van der Waals surface area contributed by atoms with Crippen LogP contribution < -0.4 is 5.32 Å². The fourth-order valence-electron chi connectivity index (χ4n) is 0.492. The number of methoxy groups -OCH3 is 1. The third-order valence-electron chi connectivity index (χ3n) is 1.03. The molecule has 0 saturated heterocycles. The molecular formula is C6H10FNO2. The normalized spacial score (nSPS) is 13.5. The Labute approximate surface area is 58.9 Å². The van der Waals surface area contributed by atoms with Gasteiger partial charge in [-0.25, -0.2) is 4.39 Å². The second-order valence-electron chi connectivity index (χ2n) is 1.61. The standard InChI is InChI=1S/C6H10FNO2/c1-8-5(3-4-7)6(9)10-2/h3-5,8H,1-2H3. The van der Waals surface area contributed by atoms with Crippen molar-refractivity contribution in [3.8, 4) is 0 Å². The van der Waals surface area contributed by atoms with Gasteiger partial charge in [-0.3, -0.25) is 4.79 Å². The minimum atomic E-state index is -0.685. The summed E-state index contributed by atoms with van der Waals surface area (Å²) in [5.41, 5.74) is 0. The van der Waals surface area contributed by atoms with Crippen molar-refractivity contribution >= 4 is 5.97 Å². The lowest BCUT2D eigenvalue weighted by Gasteiger charge is -2.06. The molecule has 0 amide bonds. The Bertz CT molecular complexity index is 136. The topological polar surface area (TPSA) is 38.3 Å². The molecule has 0 saturated carbocycles. The van der Waals surface area contributed by atoms with Crippen LogP contribution in [-0.4, -0.2) is 26.2 Å². The van der Waals surface area contributed by atoms with Crippen LogP contribution in [0.25, 0.3) is 0 Å². The van der Waals surface area contributed by atoms with E-state index in [4.69, 9.17) is 0 Å². The predicted molar refractivity (Wildman–Crippen MR) is 35.1 cm³/mol. The molecule has 58 valence electrons. The molecule has 0 radical (unpaired) electrons. The zero-order valence-electron chi connectivity index (χ0n) is 5.93. The number of carbonyl (C=O) groups is 1. The first kappa shape index (κ1) is 9.10. The van der Waals surface area contributed by atoms with Crippen molar-refractivity contribution in [2.45, 2.75) is 6.04 Å². The van der Waals surface area contributed by atoms with Crippen LogP contribution in [0.5, 0.6) is 0 Å². The van der Waals surface area contributed by atoms with Crippen LogP contribution in [0.3, 0.4) is 0 Å². The van der Waals surface area contributed by atoms with Crippen molar-refractivity contribution in [1.29, 1.82) is 0 Å². The minimum Gasteiger partial charge on any atom is -0.468 e. The van der Waals surface area contributed by atoms with E-state index in [1.165, 1.54) is 7.11 Å². The molecule has 0 bridgehead atoms. The zero-order valence-corrected chi connectivity index (χ0v) is 5.93. The van der Waals surface area contributed by atoms with Crippen molar-refractivity contribution in [2.75, 3.05) is 14.2 Å². The summed E-state index contributed by atoms with van der Waals surface area (Å²) >= 11 is 0. The van der Waals surface area contributed by atoms with E-state index in [2.05, 4.69) is 10.1 Å². The van der Waals surface area contributed by atoms with E-state index >= 15 is 0 Å². The summed E-state index contributed by atoms with van der Waals surface area (Å²) in [7, 11) is 2.79. The number of likely N-dealkylation sites (N-methyl/N-ethyl adjacent to an activating group) is 1. The van der Waals surface area contributed by atoms with Gasteiger partial charge in [0.15, 0.2) is 0 Å². The molecule has 1 atom stereocenters. The lowest BCUT2D eigenvalue weighted by atomic mass is 10.3. The van der Waals surface area contributed by atoms with Gasteiger partial charge in [0.2, 0.25) is 0 Å². The van der Waals surface area contributed by atoms with Crippen molar-refractivity contribution in [1.82, 2.24) is 5.32 Å². The number of carbonyl (C=O) groups excluding carboxylic acids is 1. The van der Waals surface area contributed by atoms with Gasteiger partial charge in [-0.15, -0.1) is 0 Å². The van der Waals surface area contributed by atoms with E-state index < -0.39 is 12.0 Å². The molecule has 0 aromatic rings. The molecule has 0 aromatic carbocycles. The summed E-state index contributed by atoms with van der Waals surface area (Å²) < 4.78 is 15.8. The summed E-state index contributed by atoms with van der Waals surface area (Å²) in [5.74, 6) is -0.503. The van der Waals surface area contributed by atoms with Gasteiger partial charge in [-0.2, -0.15) is 0 Å². The maximum atomic E-state index is 11.5. The number of esters is 1. The van der Waals surface area contributed by atoms with Gasteiger partial charge >= 0.3 is 5.97 Å². The highest BCUT2D eigenvalue weighted by Crippen LogP contribution is 1.89. The van der Waals surface area contributed by atoms with E-state index in [-0.39, 0.29) is 0 Å². The lowest BCUT2D eigenvalue weighted by molar-refractivity contribution is -0.141. The van der Waals surface area contributed by atoms with Crippen LogP contribution in [0.1, 0.15) is 0 Å². The predicted octanol–water partition coefficient (Wildman–Crippen LogP) is 0.231. The van der Waals surface area contributed by atoms with Crippen LogP contribution in [0.4, 0.5) is 4.39 Å². The minimum absolute atomic E-state index is 0.304. The first-order valence-corrected chi connectivity index (χ1v) is 2.78. The second kappa shape index (κ2) is 4.93. The Morgan fingerprint density at radius 3 is 2.70 bits per heavy atom. The molecule has 1 N–H and O–H groups in total. The first-order valence-electron chi connectivity index (χ1n) is 2.78. The molecule has 10 heavy (non-hydrogen) atoms. The fraction of sp³-hybridized carbons (Fsp3) is 0.500. The summed E-state index contributed by atoms with van der Waals surface area (Å²) in [4.78, 5) is 10.6. The summed E-state index contributed by atoms with van der Waals surface area (Å²) in [6.45, 7) is 0. The van der Waals surface area contributed by atoms with Gasteiger partial charge in [0.1, 0.15) is 6.04 Å². The highest BCUT2D eigenvalue weighted by molar-refractivity contribution is 5.77. The summed E-state index contributed by atoms with van der Waals surface area (Å²) in [6, 6.07) is -0.685. The average molecular weight is 147 g/mol. The maximum Gasteiger partial charge on any atom is 0.326 e. The Kier molecular flexibility index (Phi) is 4.49. The average Bonchev–Trinajstić information content (AvgIpc) is 1.99. The molecular weight excluding hydrogens is 137 g/mol. The van der Waals surface area contributed by atoms with Crippen LogP contribution in [0.2, 0.25) is 0 Å². The van der Waals surface area contributed by atoms with Crippen LogP contribution in [0.15, 0.2) is 12.4 Å². The lowest BCUT2D eigenvalue weighted by Crippen LogP contribution is -2.32. The van der Waals surface area contributed by atoms with Crippen LogP contribution in [0, 0.1) is 0 Å². The molecule has 0 aliphatic heterocycles. The number of hydrogen-bond donors (Lipinski definition) is 1. The van der Waals surface area contributed by atoms with Gasteiger partial charge < -0.3 is 10.1 Å². The molecule has 0 heterocycles. The molecule has 3 nitrogen and oxygen atoms in total. The smallest absolute Gasteiger partial charge is 0.326 e. The van der Waals surface area contributed by atoms with Crippen molar-refractivity contribution in [2.24, 2.45) is 0 Å². The molecule has 0 aliphatic carbocycles. The largest absolute Gasteiger partial charge is 0.468 e. The van der Waals surface area contributed by atoms with Gasteiger partial charge in [0.25, 0.3) is 0 Å². The first-order chi connectivity index (χ1) is 4.76. The Morgan fingerprint density at radius 1 is 1.80 bits per heavy atom. The monoisotopic (exact) mass is 147 g/mol. The van der Waals surface area contributed by atoms with Crippen molar-refractivity contribution < 1.29 is 13.9 Å². The molecule has 0 rings (SSSR count). The fourth-order valence-corrected chi connectivity index (χ4v) is 0.492. The summed E-state index contributed by atoms with van der Waals surface area (Å²) in [6.07, 6.45) is 1.38. The molecule has 0 aromatic heterocycles. The van der Waals surface area contributed by atoms with Gasteiger partial charge in [0.05, 0.1) is 13.4 Å². The molecule has 0 fully saturated rings. The SMILES string of the molecule is CNC(C=CF)C(=O)OC. The molecule has 1 unspecified atom stereocenters. The van der Waals surface area contributed by atoms with E-state index in [1.54, 1.807) is 7.05 Å². The Hall–Kier alpha value is -0.900. The van der Waals surface area contributed by atoms with E-state index in [0.717, 1.165) is 6.08 Å². The number of halogens is 1. The van der Waals surface area contributed by atoms with Crippen molar-refractivity contribution in [3.63, 3.8) is 0 Å². The quantitative estimate of drug-likeness (QED) is 0.581. The Balaban J connectivity index is 3.93. The molecule has 0 spiro atoms. The van der Waals surface area contributed by atoms with Crippen LogP contribution >= 0.6 is 0 Å². The van der Waals surface area contributed by atoms with E-state index in [9.17, 15) is 9.18 Å². The number of ether oxygens (including phenoxy) is 1. The number of hydrogen-bond acceptors (Lipinski definition) is 3. The van der Waals surface area contributed by atoms with E-state index in [1.807, 2.05) is 0 Å². The second-order valence-corrected chi connectivity index (χ2v) is 1.61. The maximum absolute atomic E-state index is 11.5. The molecule has 4 heteroatoms. The summed E-state index contributed by atoms with van der Waals surface area (Å²) in [5, 5.41) is 2.55. The van der Waals surface area contributed by atoms with Gasteiger partial charge in [-0.05, 0) is 13.1 Å². The molecule has 0 aliphatic rings. The highest BCUT2D eigenvalue weighted by atomic mass is 19.1. The third kappa shape index (κ3) is 2.59. The van der Waals surface area contributed by atoms with E-state index in [0.29, 0.717) is 6.33 Å². The highest BCUT2D eigenvalue weighted by Gasteiger charge is 2.11. The third-order valence-corrected chi connectivity index (χ3v) is 1.03. The number of rotatable bonds is 3. The Morgan fingerprint density at radius 2 is 2.40 bits per heavy atom.